The van der Waals surface area contributed by atoms with Crippen molar-refractivity contribution in [3.8, 4) is 22.3 Å². The maximum Gasteiger partial charge on any atom is 0.0543 e. The van der Waals surface area contributed by atoms with Gasteiger partial charge in [0, 0.05) is 22.1 Å². The molecule has 5 aliphatic carbocycles. The summed E-state index contributed by atoms with van der Waals surface area (Å²) in [6, 6.07) is 48.4. The predicted octanol–water partition coefficient (Wildman–Crippen LogP) is 16.3. The van der Waals surface area contributed by atoms with Crippen LogP contribution in [0.15, 0.2) is 121 Å². The van der Waals surface area contributed by atoms with Crippen LogP contribution in [-0.4, -0.2) is 0 Å². The van der Waals surface area contributed by atoms with Crippen LogP contribution in [-0.2, 0) is 5.41 Å². The first-order chi connectivity index (χ1) is 28.0. The van der Waals surface area contributed by atoms with E-state index in [1.807, 2.05) is 0 Å². The second kappa shape index (κ2) is 14.3. The van der Waals surface area contributed by atoms with Crippen LogP contribution in [0.1, 0.15) is 149 Å². The fourth-order valence-corrected chi connectivity index (χ4v) is 12.7. The summed E-state index contributed by atoms with van der Waals surface area (Å²) < 4.78 is 0. The van der Waals surface area contributed by atoms with Crippen LogP contribution in [0, 0.1) is 11.8 Å². The van der Waals surface area contributed by atoms with Crippen LogP contribution in [0.3, 0.4) is 0 Å². The van der Waals surface area contributed by atoms with Gasteiger partial charge in [0.2, 0.25) is 0 Å². The molecule has 1 heteroatoms. The fraction of sp³-hybridized carbons (Fsp3) is 0.393. The summed E-state index contributed by atoms with van der Waals surface area (Å²) in [5.41, 5.74) is 16.6. The molecule has 288 valence electrons. The minimum atomic E-state index is -0.104. The van der Waals surface area contributed by atoms with Crippen LogP contribution in [0.5, 0.6) is 0 Å². The number of fused-ring (bicyclic) bond motifs is 6. The van der Waals surface area contributed by atoms with Gasteiger partial charge in [-0.1, -0.05) is 150 Å². The molecule has 0 aromatic heterocycles. The number of benzene rings is 6. The van der Waals surface area contributed by atoms with Crippen LogP contribution in [0.2, 0.25) is 0 Å². The molecule has 4 saturated carbocycles. The summed E-state index contributed by atoms with van der Waals surface area (Å²) in [7, 11) is 0. The third-order valence-electron chi connectivity index (χ3n) is 15.8. The smallest absolute Gasteiger partial charge is 0.0543 e. The van der Waals surface area contributed by atoms with Crippen molar-refractivity contribution < 1.29 is 0 Å². The largest absolute Gasteiger partial charge is 0.309 e. The molecule has 57 heavy (non-hydrogen) atoms. The molecule has 0 N–H and O–H groups in total. The quantitative estimate of drug-likeness (QED) is 0.157. The molecule has 3 atom stereocenters. The maximum atomic E-state index is 2.68. The summed E-state index contributed by atoms with van der Waals surface area (Å²) in [4.78, 5) is 2.68. The Bertz CT molecular complexity index is 2410. The van der Waals surface area contributed by atoms with E-state index in [1.165, 1.54) is 157 Å². The van der Waals surface area contributed by atoms with Crippen molar-refractivity contribution in [3.05, 3.63) is 149 Å². The van der Waals surface area contributed by atoms with Crippen LogP contribution in [0.25, 0.3) is 33.0 Å². The number of hydrogen-bond donors (Lipinski definition) is 0. The van der Waals surface area contributed by atoms with Crippen LogP contribution >= 0.6 is 0 Å². The third kappa shape index (κ3) is 6.09. The molecule has 0 radical (unpaired) electrons. The van der Waals surface area contributed by atoms with Crippen molar-refractivity contribution in [2.24, 2.45) is 11.8 Å². The van der Waals surface area contributed by atoms with Crippen molar-refractivity contribution in [3.63, 3.8) is 0 Å². The van der Waals surface area contributed by atoms with E-state index in [-0.39, 0.29) is 5.41 Å². The highest BCUT2D eigenvalue weighted by atomic mass is 15.1. The molecule has 6 aromatic carbocycles. The summed E-state index contributed by atoms with van der Waals surface area (Å²) in [5, 5.41) is 2.79. The molecule has 0 aliphatic heterocycles. The minimum Gasteiger partial charge on any atom is -0.309 e. The molecule has 2 bridgehead atoms. The summed E-state index contributed by atoms with van der Waals surface area (Å²) >= 11 is 0. The average Bonchev–Trinajstić information content (AvgIpc) is 3.97. The second-order valence-electron chi connectivity index (χ2n) is 19.3. The van der Waals surface area contributed by atoms with E-state index in [4.69, 9.17) is 0 Å². The Morgan fingerprint density at radius 2 is 1.21 bits per heavy atom. The highest BCUT2D eigenvalue weighted by Gasteiger charge is 2.41. The van der Waals surface area contributed by atoms with Gasteiger partial charge in [-0.2, -0.15) is 0 Å². The van der Waals surface area contributed by atoms with Crippen LogP contribution in [0.4, 0.5) is 17.1 Å². The van der Waals surface area contributed by atoms with Gasteiger partial charge in [-0.25, -0.2) is 0 Å². The van der Waals surface area contributed by atoms with Gasteiger partial charge < -0.3 is 4.90 Å². The number of rotatable bonds is 7. The first-order valence-electron chi connectivity index (χ1n) is 22.8. The van der Waals surface area contributed by atoms with Crippen molar-refractivity contribution >= 4 is 27.8 Å². The van der Waals surface area contributed by atoms with Gasteiger partial charge >= 0.3 is 0 Å². The van der Waals surface area contributed by atoms with Gasteiger partial charge in [0.1, 0.15) is 0 Å². The average molecular weight is 746 g/mol. The number of nitrogens with zero attached hydrogens (tertiary/aromatic N) is 1. The number of anilines is 3. The van der Waals surface area contributed by atoms with E-state index in [0.29, 0.717) is 11.8 Å². The minimum absolute atomic E-state index is 0.104. The first kappa shape index (κ1) is 35.5. The standard InChI is InChI=1S/C56H59N/c1-56(2)51-21-10-9-19-47(51)50-35-49(42-27-25-39(26-28-42)38-13-5-3-6-14-38)54(36-52(50)56)57(45-31-29-41(30-32-45)48-34-37-23-24-44(48)33-37)53-22-12-18-43-17-11-20-46(55(43)53)40-15-7-4-8-16-40/h9-12,17-22,25-32,35-38,40,44,48H,3-8,13-16,23-24,33-34H2,1-2H3. The predicted molar refractivity (Wildman–Crippen MR) is 241 cm³/mol. The second-order valence-corrected chi connectivity index (χ2v) is 19.3. The highest BCUT2D eigenvalue weighted by molar-refractivity contribution is 6.04. The van der Waals surface area contributed by atoms with E-state index in [0.717, 1.165) is 17.8 Å². The topological polar surface area (TPSA) is 3.24 Å². The lowest BCUT2D eigenvalue weighted by atomic mass is 9.80. The van der Waals surface area contributed by atoms with Gasteiger partial charge in [-0.05, 0) is 155 Å². The zero-order chi connectivity index (χ0) is 38.1. The monoisotopic (exact) mass is 745 g/mol. The summed E-state index contributed by atoms with van der Waals surface area (Å²) in [6.45, 7) is 4.88. The van der Waals surface area contributed by atoms with Gasteiger partial charge in [-0.3, -0.25) is 0 Å². The Kier molecular flexibility index (Phi) is 8.94. The molecule has 11 rings (SSSR count). The zero-order valence-corrected chi connectivity index (χ0v) is 34.3. The van der Waals surface area contributed by atoms with E-state index >= 15 is 0 Å². The number of hydrogen-bond acceptors (Lipinski definition) is 1. The zero-order valence-electron chi connectivity index (χ0n) is 34.3. The molecule has 0 amide bonds. The lowest BCUT2D eigenvalue weighted by Crippen LogP contribution is -2.18. The van der Waals surface area contributed by atoms with Crippen molar-refractivity contribution in [1.29, 1.82) is 0 Å². The third-order valence-corrected chi connectivity index (χ3v) is 15.8. The SMILES string of the molecule is CC1(C)c2ccccc2-c2cc(-c3ccc(C4CCCCC4)cc3)c(N(c3ccc(C4CC5CCC4C5)cc3)c3cccc4cccc(C5CCCCC5)c34)cc21. The van der Waals surface area contributed by atoms with E-state index in [1.54, 1.807) is 11.1 Å². The Balaban J connectivity index is 1.14. The Morgan fingerprint density at radius 3 is 1.93 bits per heavy atom. The lowest BCUT2D eigenvalue weighted by molar-refractivity contribution is 0.420. The lowest BCUT2D eigenvalue weighted by Gasteiger charge is -2.33. The molecule has 1 nitrogen and oxygen atoms in total. The molecule has 6 aromatic rings. The Hall–Kier alpha value is -4.62. The molecular weight excluding hydrogens is 687 g/mol. The Labute approximate surface area is 341 Å². The van der Waals surface area contributed by atoms with Gasteiger partial charge in [0.15, 0.2) is 0 Å². The van der Waals surface area contributed by atoms with Gasteiger partial charge in [0.05, 0.1) is 11.4 Å². The molecule has 0 heterocycles. The van der Waals surface area contributed by atoms with Gasteiger partial charge in [-0.15, -0.1) is 0 Å². The molecule has 0 spiro atoms. The first-order valence-corrected chi connectivity index (χ1v) is 22.8. The van der Waals surface area contributed by atoms with Crippen molar-refractivity contribution in [1.82, 2.24) is 0 Å². The summed E-state index contributed by atoms with van der Waals surface area (Å²) in [5.74, 6) is 3.83. The van der Waals surface area contributed by atoms with Gasteiger partial charge in [0.25, 0.3) is 0 Å². The van der Waals surface area contributed by atoms with E-state index in [9.17, 15) is 0 Å². The van der Waals surface area contributed by atoms with E-state index < -0.39 is 0 Å². The molecule has 0 saturated heterocycles. The molecular formula is C56H59N. The molecule has 5 aliphatic rings. The highest BCUT2D eigenvalue weighted by Crippen LogP contribution is 2.56. The fourth-order valence-electron chi connectivity index (χ4n) is 12.7. The Morgan fingerprint density at radius 1 is 0.509 bits per heavy atom. The summed E-state index contributed by atoms with van der Waals surface area (Å²) in [6.07, 6.45) is 19.0. The van der Waals surface area contributed by atoms with E-state index in [2.05, 4.69) is 140 Å². The maximum absolute atomic E-state index is 2.68. The normalized spacial score (nSPS) is 22.8. The molecule has 4 fully saturated rings. The van der Waals surface area contributed by atoms with Crippen molar-refractivity contribution in [2.75, 3.05) is 4.90 Å². The van der Waals surface area contributed by atoms with Crippen molar-refractivity contribution in [2.45, 2.75) is 127 Å². The van der Waals surface area contributed by atoms with Crippen LogP contribution < -0.4 is 4.90 Å². The molecule has 3 unspecified atom stereocenters.